The summed E-state index contributed by atoms with van der Waals surface area (Å²) in [7, 11) is 2.48. The van der Waals surface area contributed by atoms with Crippen LogP contribution in [0.1, 0.15) is 23.5 Å². The van der Waals surface area contributed by atoms with E-state index >= 15 is 0 Å². The molecular formula is C17H15F5N2O3S. The zero-order valence-corrected chi connectivity index (χ0v) is 15.4. The lowest BCUT2D eigenvalue weighted by molar-refractivity contribution is -0.163. The predicted molar refractivity (Wildman–Crippen MR) is 90.2 cm³/mol. The number of halogens is 5. The zero-order valence-electron chi connectivity index (χ0n) is 14.6. The number of carboxylic acids is 1. The number of aromatic nitrogens is 2. The molecule has 5 nitrogen and oxygen atoms in total. The quantitative estimate of drug-likeness (QED) is 0.759. The fourth-order valence-corrected chi connectivity index (χ4v) is 5.06. The molecule has 152 valence electrons. The minimum absolute atomic E-state index is 0.128. The van der Waals surface area contributed by atoms with Crippen molar-refractivity contribution in [2.24, 2.45) is 7.05 Å². The van der Waals surface area contributed by atoms with Gasteiger partial charge in [-0.15, -0.1) is 11.8 Å². The van der Waals surface area contributed by atoms with Gasteiger partial charge in [-0.25, -0.2) is 4.39 Å². The molecule has 1 unspecified atom stereocenters. The van der Waals surface area contributed by atoms with Crippen LogP contribution >= 0.6 is 11.8 Å². The lowest BCUT2D eigenvalue weighted by Crippen LogP contribution is -2.37. The van der Waals surface area contributed by atoms with Crippen LogP contribution < -0.4 is 4.74 Å². The second-order valence-electron chi connectivity index (χ2n) is 6.40. The van der Waals surface area contributed by atoms with Gasteiger partial charge in [0.15, 0.2) is 11.6 Å². The summed E-state index contributed by atoms with van der Waals surface area (Å²) in [5.41, 5.74) is -0.334. The highest BCUT2D eigenvalue weighted by Crippen LogP contribution is 2.64. The summed E-state index contributed by atoms with van der Waals surface area (Å²) in [6.07, 6.45) is -3.30. The van der Waals surface area contributed by atoms with Gasteiger partial charge in [-0.2, -0.15) is 22.7 Å². The SMILES string of the molecule is COc1c([C@@H]2CC(c3cnn(C)c3)(C(F)(F)F)S[C@H]2C(=O)O)ccc(F)c1F. The minimum atomic E-state index is -4.81. The summed E-state index contributed by atoms with van der Waals surface area (Å²) in [6, 6.07) is 1.81. The standard InChI is InChI=1S/C17H15F5N2O3S/c1-24-7-8(6-23-24)16(17(20,21)22)5-10(14(28-16)15(25)26)9-3-4-11(18)12(19)13(9)27-2/h3-4,6-7,10,14H,5H2,1-2H3,(H,25,26)/t10-,14+,16?/m0/s1. The number of alkyl halides is 3. The second-order valence-corrected chi connectivity index (χ2v) is 7.84. The summed E-state index contributed by atoms with van der Waals surface area (Å²) in [5.74, 6) is -5.97. The number of rotatable bonds is 4. The first-order chi connectivity index (χ1) is 13.0. The van der Waals surface area contributed by atoms with Crippen LogP contribution in [-0.2, 0) is 16.6 Å². The fraction of sp³-hybridized carbons (Fsp3) is 0.412. The Morgan fingerprint density at radius 3 is 2.57 bits per heavy atom. The number of benzene rings is 1. The molecule has 1 aromatic heterocycles. The largest absolute Gasteiger partial charge is 0.493 e. The lowest BCUT2D eigenvalue weighted by atomic mass is 9.83. The van der Waals surface area contributed by atoms with E-state index in [1.807, 2.05) is 0 Å². The third-order valence-electron chi connectivity index (χ3n) is 4.76. The number of carboxylic acid groups (broad SMARTS) is 1. The number of ether oxygens (including phenoxy) is 1. The first-order valence-corrected chi connectivity index (χ1v) is 8.88. The Bertz CT molecular complexity index is 917. The summed E-state index contributed by atoms with van der Waals surface area (Å²) in [6.45, 7) is 0. The Balaban J connectivity index is 2.18. The number of nitrogens with zero attached hydrogens (tertiary/aromatic N) is 2. The van der Waals surface area contributed by atoms with Crippen molar-refractivity contribution in [3.05, 3.63) is 47.3 Å². The van der Waals surface area contributed by atoms with Crippen LogP contribution in [0.2, 0.25) is 0 Å². The first-order valence-electron chi connectivity index (χ1n) is 8.00. The molecule has 1 N–H and O–H groups in total. The van der Waals surface area contributed by atoms with Crippen LogP contribution in [0.3, 0.4) is 0 Å². The van der Waals surface area contributed by atoms with E-state index in [1.54, 1.807) is 0 Å². The third kappa shape index (κ3) is 3.11. The van der Waals surface area contributed by atoms with Crippen molar-refractivity contribution in [3.63, 3.8) is 0 Å². The van der Waals surface area contributed by atoms with Gasteiger partial charge in [0, 0.05) is 30.3 Å². The monoisotopic (exact) mass is 422 g/mol. The molecule has 2 aromatic rings. The van der Waals surface area contributed by atoms with Gasteiger partial charge in [0.05, 0.1) is 13.3 Å². The Morgan fingerprint density at radius 1 is 1.39 bits per heavy atom. The van der Waals surface area contributed by atoms with Gasteiger partial charge >= 0.3 is 12.1 Å². The predicted octanol–water partition coefficient (Wildman–Crippen LogP) is 3.84. The Morgan fingerprint density at radius 2 is 2.07 bits per heavy atom. The van der Waals surface area contributed by atoms with E-state index in [0.29, 0.717) is 0 Å². The molecule has 1 aromatic carbocycles. The molecular weight excluding hydrogens is 407 g/mol. The van der Waals surface area contributed by atoms with E-state index in [9.17, 15) is 31.9 Å². The van der Waals surface area contributed by atoms with Gasteiger partial charge in [0.1, 0.15) is 10.00 Å². The van der Waals surface area contributed by atoms with Crippen molar-refractivity contribution < 1.29 is 36.6 Å². The van der Waals surface area contributed by atoms with Crippen molar-refractivity contribution in [1.29, 1.82) is 0 Å². The molecule has 3 atom stereocenters. The van der Waals surface area contributed by atoms with Gasteiger partial charge < -0.3 is 9.84 Å². The first kappa shape index (κ1) is 20.4. The number of thioether (sulfide) groups is 1. The molecule has 0 amide bonds. The van der Waals surface area contributed by atoms with Crippen molar-refractivity contribution in [2.75, 3.05) is 7.11 Å². The maximum Gasteiger partial charge on any atom is 0.407 e. The lowest BCUT2D eigenvalue weighted by Gasteiger charge is -2.30. The molecule has 11 heteroatoms. The van der Waals surface area contributed by atoms with E-state index in [-0.39, 0.29) is 22.9 Å². The molecule has 1 aliphatic rings. The van der Waals surface area contributed by atoms with Crippen LogP contribution in [0.15, 0.2) is 24.5 Å². The maximum atomic E-state index is 14.1. The average molecular weight is 422 g/mol. The molecule has 0 aliphatic carbocycles. The molecule has 28 heavy (non-hydrogen) atoms. The highest BCUT2D eigenvalue weighted by atomic mass is 32.2. The highest BCUT2D eigenvalue weighted by Gasteiger charge is 2.65. The van der Waals surface area contributed by atoms with Gasteiger partial charge in [0.25, 0.3) is 0 Å². The van der Waals surface area contributed by atoms with Gasteiger partial charge in [0.2, 0.25) is 5.82 Å². The summed E-state index contributed by atoms with van der Waals surface area (Å²) in [4.78, 5) is 11.8. The van der Waals surface area contributed by atoms with Gasteiger partial charge in [-0.3, -0.25) is 9.48 Å². The molecule has 0 spiro atoms. The Hall–Kier alpha value is -2.30. The zero-order chi connectivity index (χ0) is 20.9. The molecule has 1 fully saturated rings. The topological polar surface area (TPSA) is 64.4 Å². The van der Waals surface area contributed by atoms with E-state index in [2.05, 4.69) is 5.10 Å². The van der Waals surface area contributed by atoms with E-state index in [1.165, 1.54) is 17.9 Å². The van der Waals surface area contributed by atoms with Crippen molar-refractivity contribution in [2.45, 2.75) is 28.5 Å². The van der Waals surface area contributed by atoms with Crippen LogP contribution in [0, 0.1) is 11.6 Å². The van der Waals surface area contributed by atoms with Gasteiger partial charge in [-0.1, -0.05) is 6.07 Å². The molecule has 2 heterocycles. The molecule has 0 radical (unpaired) electrons. The van der Waals surface area contributed by atoms with Crippen LogP contribution in [0.25, 0.3) is 0 Å². The molecule has 0 bridgehead atoms. The molecule has 1 aliphatic heterocycles. The van der Waals surface area contributed by atoms with E-state index < -0.39 is 51.9 Å². The van der Waals surface area contributed by atoms with Crippen molar-refractivity contribution >= 4 is 17.7 Å². The smallest absolute Gasteiger partial charge is 0.407 e. The number of hydrogen-bond acceptors (Lipinski definition) is 4. The molecule has 3 rings (SSSR count). The van der Waals surface area contributed by atoms with Gasteiger partial charge in [-0.05, 0) is 12.5 Å². The summed E-state index contributed by atoms with van der Waals surface area (Å²) >= 11 is 0.222. The Labute approximate surface area is 160 Å². The van der Waals surface area contributed by atoms with E-state index in [4.69, 9.17) is 4.74 Å². The van der Waals surface area contributed by atoms with Crippen LogP contribution in [0.5, 0.6) is 5.75 Å². The normalized spacial score (nSPS) is 25.1. The third-order valence-corrected chi connectivity index (χ3v) is 6.58. The van der Waals surface area contributed by atoms with Crippen LogP contribution in [0.4, 0.5) is 22.0 Å². The van der Waals surface area contributed by atoms with E-state index in [0.717, 1.165) is 25.4 Å². The fourth-order valence-electron chi connectivity index (χ4n) is 3.47. The summed E-state index contributed by atoms with van der Waals surface area (Å²) in [5, 5.41) is 11.8. The second kappa shape index (κ2) is 6.94. The molecule has 0 saturated carbocycles. The number of carbonyl (C=O) groups is 1. The minimum Gasteiger partial charge on any atom is -0.493 e. The summed E-state index contributed by atoms with van der Waals surface area (Å²) < 4.78 is 73.5. The number of hydrogen-bond donors (Lipinski definition) is 1. The van der Waals surface area contributed by atoms with Crippen molar-refractivity contribution in [1.82, 2.24) is 9.78 Å². The highest BCUT2D eigenvalue weighted by molar-refractivity contribution is 8.01. The average Bonchev–Trinajstić information content (AvgIpc) is 3.21. The number of aliphatic carboxylic acids is 1. The van der Waals surface area contributed by atoms with Crippen molar-refractivity contribution in [3.8, 4) is 5.75 Å². The Kier molecular flexibility index (Phi) is 5.07. The molecule has 1 saturated heterocycles. The number of methoxy groups -OCH3 is 1. The van der Waals surface area contributed by atoms with Crippen LogP contribution in [-0.4, -0.2) is 39.4 Å². The maximum absolute atomic E-state index is 14.1. The number of aryl methyl sites for hydroxylation is 1.